The Balaban J connectivity index is 1.82. The summed E-state index contributed by atoms with van der Waals surface area (Å²) in [6, 6.07) is 3.40. The quantitative estimate of drug-likeness (QED) is 0.790. The van der Waals surface area contributed by atoms with Gasteiger partial charge in [-0.1, -0.05) is 0 Å². The van der Waals surface area contributed by atoms with E-state index in [2.05, 4.69) is 15.0 Å². The number of aromatic nitrogens is 3. The van der Waals surface area contributed by atoms with Crippen LogP contribution >= 0.6 is 0 Å². The fourth-order valence-electron chi connectivity index (χ4n) is 1.92. The molecule has 0 aromatic carbocycles. The fraction of sp³-hybridized carbons (Fsp3) is 0.333. The molecule has 0 unspecified atom stereocenters. The van der Waals surface area contributed by atoms with Crippen LogP contribution in [-0.4, -0.2) is 39.1 Å². The molecule has 6 nitrogen and oxygen atoms in total. The molecule has 2 aromatic heterocycles. The Hall–Kier alpha value is -2.08. The van der Waals surface area contributed by atoms with Gasteiger partial charge in [0.1, 0.15) is 6.33 Å². The van der Waals surface area contributed by atoms with Crippen molar-refractivity contribution in [2.75, 3.05) is 13.1 Å². The summed E-state index contributed by atoms with van der Waals surface area (Å²) < 4.78 is 0. The zero-order valence-electron chi connectivity index (χ0n) is 9.74. The first kappa shape index (κ1) is 11.0. The second kappa shape index (κ2) is 4.66. The molecule has 0 amide bonds. The molecule has 1 saturated heterocycles. The predicted octanol–water partition coefficient (Wildman–Crippen LogP) is 1.19. The minimum absolute atomic E-state index is 0.271. The molecule has 0 radical (unpaired) electrons. The smallest absolute Gasteiger partial charge is 0.363 e. The Morgan fingerprint density at radius 1 is 1.28 bits per heavy atom. The van der Waals surface area contributed by atoms with E-state index in [1.165, 1.54) is 6.33 Å². The molecule has 0 bridgehead atoms. The molecule has 6 heteroatoms. The van der Waals surface area contributed by atoms with E-state index in [0.717, 1.165) is 31.3 Å². The van der Waals surface area contributed by atoms with E-state index in [1.807, 2.05) is 0 Å². The van der Waals surface area contributed by atoms with Crippen molar-refractivity contribution in [3.05, 3.63) is 30.4 Å². The lowest BCUT2D eigenvalue weighted by molar-refractivity contribution is -0.0932. The number of carbonyl (C=O) groups is 1. The van der Waals surface area contributed by atoms with E-state index in [1.54, 1.807) is 23.4 Å². The number of pyridine rings is 1. The predicted molar refractivity (Wildman–Crippen MR) is 63.6 cm³/mol. The van der Waals surface area contributed by atoms with Gasteiger partial charge in [-0.2, -0.15) is 0 Å². The fourth-order valence-corrected chi connectivity index (χ4v) is 1.92. The van der Waals surface area contributed by atoms with Crippen LogP contribution in [0.25, 0.3) is 11.0 Å². The van der Waals surface area contributed by atoms with Crippen molar-refractivity contribution < 1.29 is 9.63 Å². The van der Waals surface area contributed by atoms with Gasteiger partial charge in [-0.3, -0.25) is 0 Å². The van der Waals surface area contributed by atoms with E-state index < -0.39 is 5.97 Å². The molecule has 1 fully saturated rings. The highest BCUT2D eigenvalue weighted by molar-refractivity contribution is 5.89. The summed E-state index contributed by atoms with van der Waals surface area (Å²) in [7, 11) is 0. The minimum atomic E-state index is -0.433. The van der Waals surface area contributed by atoms with E-state index >= 15 is 0 Å². The van der Waals surface area contributed by atoms with Crippen LogP contribution in [0.4, 0.5) is 0 Å². The van der Waals surface area contributed by atoms with Crippen LogP contribution < -0.4 is 0 Å². The Morgan fingerprint density at radius 3 is 2.94 bits per heavy atom. The number of carbonyl (C=O) groups excluding carboxylic acids is 1. The maximum Gasteiger partial charge on any atom is 0.375 e. The molecule has 2 aromatic rings. The zero-order chi connectivity index (χ0) is 12.4. The molecule has 0 atom stereocenters. The number of fused-ring (bicyclic) bond motifs is 1. The van der Waals surface area contributed by atoms with E-state index in [4.69, 9.17) is 4.84 Å². The molecular formula is C12H12N4O2. The van der Waals surface area contributed by atoms with Gasteiger partial charge in [-0.15, -0.1) is 5.06 Å². The van der Waals surface area contributed by atoms with Crippen molar-refractivity contribution in [1.82, 2.24) is 20.0 Å². The summed E-state index contributed by atoms with van der Waals surface area (Å²) >= 11 is 0. The Labute approximate surface area is 104 Å². The highest BCUT2D eigenvalue weighted by Crippen LogP contribution is 2.12. The van der Waals surface area contributed by atoms with Gasteiger partial charge < -0.3 is 4.84 Å². The lowest BCUT2D eigenvalue weighted by Gasteiger charge is -2.13. The van der Waals surface area contributed by atoms with Crippen molar-refractivity contribution in [3.8, 4) is 0 Å². The molecule has 1 aliphatic rings. The Morgan fingerprint density at radius 2 is 2.11 bits per heavy atom. The topological polar surface area (TPSA) is 68.2 Å². The maximum atomic E-state index is 11.9. The summed E-state index contributed by atoms with van der Waals surface area (Å²) in [5.74, 6) is -0.433. The van der Waals surface area contributed by atoms with Crippen molar-refractivity contribution in [1.29, 1.82) is 0 Å². The summed E-state index contributed by atoms with van der Waals surface area (Å²) in [5.41, 5.74) is 0.772. The summed E-state index contributed by atoms with van der Waals surface area (Å²) in [6.07, 6.45) is 5.19. The van der Waals surface area contributed by atoms with Gasteiger partial charge in [-0.05, 0) is 25.0 Å². The number of nitrogens with zero attached hydrogens (tertiary/aromatic N) is 4. The van der Waals surface area contributed by atoms with Crippen molar-refractivity contribution in [2.45, 2.75) is 12.8 Å². The van der Waals surface area contributed by atoms with E-state index in [0.29, 0.717) is 5.65 Å². The number of rotatable bonds is 2. The third-order valence-corrected chi connectivity index (χ3v) is 2.85. The van der Waals surface area contributed by atoms with Gasteiger partial charge in [0.25, 0.3) is 0 Å². The molecule has 0 saturated carbocycles. The minimum Gasteiger partial charge on any atom is -0.363 e. The monoisotopic (exact) mass is 244 g/mol. The molecular weight excluding hydrogens is 232 g/mol. The standard InChI is InChI=1S/C12H12N4O2/c17-12(18-16-5-1-2-6-16)10-4-3-9-7-13-8-14-11(9)15-10/h3-4,7-8H,1-2,5-6H2. The average molecular weight is 244 g/mol. The number of hydrogen-bond donors (Lipinski definition) is 0. The first-order valence-corrected chi connectivity index (χ1v) is 5.87. The lowest BCUT2D eigenvalue weighted by Crippen LogP contribution is -2.24. The second-order valence-electron chi connectivity index (χ2n) is 4.15. The van der Waals surface area contributed by atoms with Gasteiger partial charge >= 0.3 is 5.97 Å². The van der Waals surface area contributed by atoms with Crippen LogP contribution in [0, 0.1) is 0 Å². The molecule has 3 heterocycles. The average Bonchev–Trinajstić information content (AvgIpc) is 2.91. The first-order valence-electron chi connectivity index (χ1n) is 5.87. The third kappa shape index (κ3) is 2.14. The highest BCUT2D eigenvalue weighted by Gasteiger charge is 2.18. The SMILES string of the molecule is O=C(ON1CCCC1)c1ccc2cncnc2n1. The highest BCUT2D eigenvalue weighted by atomic mass is 16.7. The molecule has 0 N–H and O–H groups in total. The number of hydrogen-bond acceptors (Lipinski definition) is 6. The normalized spacial score (nSPS) is 16.0. The third-order valence-electron chi connectivity index (χ3n) is 2.85. The van der Waals surface area contributed by atoms with Crippen molar-refractivity contribution >= 4 is 17.0 Å². The summed E-state index contributed by atoms with van der Waals surface area (Å²) in [5, 5.41) is 2.48. The second-order valence-corrected chi connectivity index (χ2v) is 4.15. The van der Waals surface area contributed by atoms with Crippen LogP contribution in [0.3, 0.4) is 0 Å². The lowest BCUT2D eigenvalue weighted by atomic mass is 10.3. The Bertz CT molecular complexity index is 581. The van der Waals surface area contributed by atoms with Crippen LogP contribution in [0.2, 0.25) is 0 Å². The molecule has 0 aliphatic carbocycles. The maximum absolute atomic E-state index is 11.9. The number of hydroxylamine groups is 2. The van der Waals surface area contributed by atoms with Crippen molar-refractivity contribution in [2.24, 2.45) is 0 Å². The van der Waals surface area contributed by atoms with Crippen LogP contribution in [0.5, 0.6) is 0 Å². The van der Waals surface area contributed by atoms with Crippen molar-refractivity contribution in [3.63, 3.8) is 0 Å². The van der Waals surface area contributed by atoms with E-state index in [9.17, 15) is 4.79 Å². The molecule has 3 rings (SSSR count). The van der Waals surface area contributed by atoms with Crippen LogP contribution in [0.15, 0.2) is 24.7 Å². The summed E-state index contributed by atoms with van der Waals surface area (Å²) in [6.45, 7) is 1.59. The molecule has 92 valence electrons. The molecule has 18 heavy (non-hydrogen) atoms. The molecule has 1 aliphatic heterocycles. The van der Waals surface area contributed by atoms with Gasteiger partial charge in [0.05, 0.1) is 0 Å². The van der Waals surface area contributed by atoms with Gasteiger partial charge in [0.15, 0.2) is 11.3 Å². The zero-order valence-corrected chi connectivity index (χ0v) is 9.74. The van der Waals surface area contributed by atoms with Gasteiger partial charge in [0.2, 0.25) is 0 Å². The van der Waals surface area contributed by atoms with Crippen LogP contribution in [-0.2, 0) is 4.84 Å². The first-order chi connectivity index (χ1) is 8.83. The van der Waals surface area contributed by atoms with Gasteiger partial charge in [0, 0.05) is 24.7 Å². The van der Waals surface area contributed by atoms with Crippen LogP contribution in [0.1, 0.15) is 23.3 Å². The summed E-state index contributed by atoms with van der Waals surface area (Å²) in [4.78, 5) is 29.2. The molecule has 0 spiro atoms. The van der Waals surface area contributed by atoms with Gasteiger partial charge in [-0.25, -0.2) is 19.7 Å². The Kier molecular flexibility index (Phi) is 2.85. The van der Waals surface area contributed by atoms with E-state index in [-0.39, 0.29) is 5.69 Å². The largest absolute Gasteiger partial charge is 0.375 e.